The van der Waals surface area contributed by atoms with Crippen LogP contribution in [0.4, 0.5) is 0 Å². The average molecular weight is 289 g/mol. The third kappa shape index (κ3) is 3.05. The van der Waals surface area contributed by atoms with Crippen molar-refractivity contribution in [3.63, 3.8) is 0 Å². The van der Waals surface area contributed by atoms with Gasteiger partial charge >= 0.3 is 0 Å². The summed E-state index contributed by atoms with van der Waals surface area (Å²) < 4.78 is 0. The Morgan fingerprint density at radius 1 is 1.67 bits per heavy atom. The average Bonchev–Trinajstić information content (AvgIpc) is 3.01. The first-order valence-corrected chi connectivity index (χ1v) is 7.15. The molecule has 2 N–H and O–H groups in total. The van der Waals surface area contributed by atoms with Crippen LogP contribution in [0.3, 0.4) is 0 Å². The van der Waals surface area contributed by atoms with Crippen LogP contribution in [0.1, 0.15) is 44.0 Å². The van der Waals surface area contributed by atoms with Crippen molar-refractivity contribution in [1.29, 1.82) is 0 Å². The highest BCUT2D eigenvalue weighted by Gasteiger charge is 2.39. The molecule has 0 bridgehead atoms. The summed E-state index contributed by atoms with van der Waals surface area (Å²) in [5.41, 5.74) is -0.328. The third-order valence-electron chi connectivity index (χ3n) is 3.60. The monoisotopic (exact) mass is 288 g/mol. The number of halogens is 1. The number of rotatable bonds is 4. The Morgan fingerprint density at radius 2 is 2.44 bits per heavy atom. The lowest BCUT2D eigenvalue weighted by Gasteiger charge is -2.28. The van der Waals surface area contributed by atoms with E-state index in [1.807, 2.05) is 18.4 Å². The van der Waals surface area contributed by atoms with Gasteiger partial charge in [-0.15, -0.1) is 23.7 Å². The second kappa shape index (κ2) is 6.55. The number of carbonyl (C=O) groups is 1. The Hall–Kier alpha value is -0.580. The summed E-state index contributed by atoms with van der Waals surface area (Å²) in [4.78, 5) is 13.5. The molecule has 0 spiro atoms. The topological polar surface area (TPSA) is 41.1 Å². The van der Waals surface area contributed by atoms with Crippen molar-refractivity contribution >= 4 is 29.7 Å². The third-order valence-corrected chi connectivity index (χ3v) is 4.65. The molecule has 0 aliphatic carbocycles. The van der Waals surface area contributed by atoms with E-state index in [2.05, 4.69) is 23.6 Å². The second-order valence-corrected chi connectivity index (χ2v) is 5.66. The van der Waals surface area contributed by atoms with E-state index >= 15 is 0 Å². The Bertz CT molecular complexity index is 374. The van der Waals surface area contributed by atoms with Crippen LogP contribution in [0.2, 0.25) is 0 Å². The van der Waals surface area contributed by atoms with Crippen molar-refractivity contribution in [2.45, 2.75) is 44.7 Å². The molecule has 2 rings (SSSR count). The number of nitrogens with one attached hydrogen (secondary N) is 2. The summed E-state index contributed by atoms with van der Waals surface area (Å²) in [6, 6.07) is 4.19. The largest absolute Gasteiger partial charge is 0.347 e. The van der Waals surface area contributed by atoms with Gasteiger partial charge in [-0.3, -0.25) is 4.79 Å². The van der Waals surface area contributed by atoms with E-state index in [0.29, 0.717) is 0 Å². The second-order valence-electron chi connectivity index (χ2n) is 4.68. The Kier molecular flexibility index (Phi) is 5.63. The molecule has 2 unspecified atom stereocenters. The Labute approximate surface area is 119 Å². The number of hydrogen-bond acceptors (Lipinski definition) is 3. The van der Waals surface area contributed by atoms with Crippen LogP contribution < -0.4 is 10.6 Å². The van der Waals surface area contributed by atoms with Gasteiger partial charge in [0, 0.05) is 4.88 Å². The molecule has 0 saturated carbocycles. The highest BCUT2D eigenvalue weighted by molar-refractivity contribution is 7.10. The molecule has 102 valence electrons. The molecule has 1 aromatic heterocycles. The fraction of sp³-hybridized carbons (Fsp3) is 0.615. The van der Waals surface area contributed by atoms with Gasteiger partial charge in [0.15, 0.2) is 0 Å². The van der Waals surface area contributed by atoms with Crippen LogP contribution in [0.25, 0.3) is 0 Å². The molecule has 0 aromatic carbocycles. The summed E-state index contributed by atoms with van der Waals surface area (Å²) in [5, 5.41) is 8.53. The lowest BCUT2D eigenvalue weighted by atomic mass is 9.93. The van der Waals surface area contributed by atoms with E-state index < -0.39 is 0 Å². The van der Waals surface area contributed by atoms with Crippen LogP contribution in [0.15, 0.2) is 17.5 Å². The van der Waals surface area contributed by atoms with Gasteiger partial charge in [0.05, 0.1) is 11.6 Å². The molecule has 3 nitrogen and oxygen atoms in total. The highest BCUT2D eigenvalue weighted by Crippen LogP contribution is 2.25. The number of hydrogen-bond donors (Lipinski definition) is 2. The maximum atomic E-state index is 12.3. The normalized spacial score (nSPS) is 24.3. The van der Waals surface area contributed by atoms with Crippen molar-refractivity contribution < 1.29 is 4.79 Å². The quantitative estimate of drug-likeness (QED) is 0.894. The van der Waals surface area contributed by atoms with Gasteiger partial charge in [-0.1, -0.05) is 13.0 Å². The maximum absolute atomic E-state index is 12.3. The van der Waals surface area contributed by atoms with Gasteiger partial charge < -0.3 is 10.6 Å². The van der Waals surface area contributed by atoms with E-state index in [4.69, 9.17) is 0 Å². The van der Waals surface area contributed by atoms with Gasteiger partial charge in [0.25, 0.3) is 0 Å². The summed E-state index contributed by atoms with van der Waals surface area (Å²) in [6.45, 7) is 5.07. The fourth-order valence-corrected chi connectivity index (χ4v) is 3.14. The zero-order chi connectivity index (χ0) is 12.3. The Balaban J connectivity index is 0.00000162. The van der Waals surface area contributed by atoms with Gasteiger partial charge in [0.2, 0.25) is 5.91 Å². The van der Waals surface area contributed by atoms with E-state index in [0.717, 1.165) is 25.8 Å². The fourth-order valence-electron chi connectivity index (χ4n) is 2.41. The molecule has 1 aliphatic heterocycles. The molecule has 1 saturated heterocycles. The first-order chi connectivity index (χ1) is 8.18. The summed E-state index contributed by atoms with van der Waals surface area (Å²) >= 11 is 1.69. The minimum Gasteiger partial charge on any atom is -0.347 e. The van der Waals surface area contributed by atoms with Crippen LogP contribution in [0.5, 0.6) is 0 Å². The molecule has 1 amide bonds. The van der Waals surface area contributed by atoms with Crippen molar-refractivity contribution in [2.24, 2.45) is 0 Å². The minimum absolute atomic E-state index is 0. The van der Waals surface area contributed by atoms with E-state index in [9.17, 15) is 4.79 Å². The van der Waals surface area contributed by atoms with Crippen molar-refractivity contribution in [2.75, 3.05) is 6.54 Å². The number of amides is 1. The maximum Gasteiger partial charge on any atom is 0.240 e. The standard InChI is InChI=1S/C13H20N2OS.ClH/c1-3-13(7-5-8-14-13)12(16)15-10(2)11-6-4-9-17-11;/h4,6,9-10,14H,3,5,7-8H2,1-2H3,(H,15,16);1H. The van der Waals surface area contributed by atoms with E-state index in [1.165, 1.54) is 4.88 Å². The zero-order valence-corrected chi connectivity index (χ0v) is 12.5. The summed E-state index contributed by atoms with van der Waals surface area (Å²) in [7, 11) is 0. The first-order valence-electron chi connectivity index (χ1n) is 6.27. The van der Waals surface area contributed by atoms with Gasteiger partial charge in [-0.25, -0.2) is 0 Å². The van der Waals surface area contributed by atoms with Crippen LogP contribution in [-0.2, 0) is 4.79 Å². The summed E-state index contributed by atoms with van der Waals surface area (Å²) in [6.07, 6.45) is 2.90. The minimum atomic E-state index is -0.328. The van der Waals surface area contributed by atoms with Crippen molar-refractivity contribution in [1.82, 2.24) is 10.6 Å². The SMILES string of the molecule is CCC1(C(=O)NC(C)c2cccs2)CCCN1.Cl. The Morgan fingerprint density at radius 3 is 2.94 bits per heavy atom. The molecule has 1 aliphatic rings. The van der Waals surface area contributed by atoms with Crippen LogP contribution in [0, 0.1) is 0 Å². The molecule has 2 atom stereocenters. The van der Waals surface area contributed by atoms with Gasteiger partial charge in [-0.05, 0) is 44.2 Å². The van der Waals surface area contributed by atoms with E-state index in [1.54, 1.807) is 11.3 Å². The predicted octanol–water partition coefficient (Wildman–Crippen LogP) is 2.88. The highest BCUT2D eigenvalue weighted by atomic mass is 35.5. The van der Waals surface area contributed by atoms with Crippen LogP contribution >= 0.6 is 23.7 Å². The first kappa shape index (κ1) is 15.5. The molecule has 2 heterocycles. The lowest BCUT2D eigenvalue weighted by Crippen LogP contribution is -2.53. The van der Waals surface area contributed by atoms with Crippen molar-refractivity contribution in [3.05, 3.63) is 22.4 Å². The number of thiophene rings is 1. The molecule has 18 heavy (non-hydrogen) atoms. The van der Waals surface area contributed by atoms with Crippen molar-refractivity contribution in [3.8, 4) is 0 Å². The molecule has 5 heteroatoms. The summed E-state index contributed by atoms with van der Waals surface area (Å²) in [5.74, 6) is 0.151. The van der Waals surface area contributed by atoms with E-state index in [-0.39, 0.29) is 29.9 Å². The predicted molar refractivity (Wildman–Crippen MR) is 78.4 cm³/mol. The molecular formula is C13H21ClN2OS. The van der Waals surface area contributed by atoms with Gasteiger partial charge in [-0.2, -0.15) is 0 Å². The number of carbonyl (C=O) groups excluding carboxylic acids is 1. The molecular weight excluding hydrogens is 268 g/mol. The molecule has 1 fully saturated rings. The van der Waals surface area contributed by atoms with Crippen LogP contribution in [-0.4, -0.2) is 18.0 Å². The molecule has 1 aromatic rings. The van der Waals surface area contributed by atoms with Gasteiger partial charge in [0.1, 0.15) is 0 Å². The smallest absolute Gasteiger partial charge is 0.240 e. The molecule has 0 radical (unpaired) electrons. The zero-order valence-electron chi connectivity index (χ0n) is 10.9. The lowest BCUT2D eigenvalue weighted by molar-refractivity contribution is -0.127.